The summed E-state index contributed by atoms with van der Waals surface area (Å²) >= 11 is 0. The fourth-order valence-electron chi connectivity index (χ4n) is 2.09. The van der Waals surface area contributed by atoms with Crippen molar-refractivity contribution in [2.45, 2.75) is 32.0 Å². The van der Waals surface area contributed by atoms with E-state index in [9.17, 15) is 13.2 Å². The Hall–Kier alpha value is -1.07. The fourth-order valence-corrected chi connectivity index (χ4v) is 2.09. The van der Waals surface area contributed by atoms with Crippen LogP contribution in [0.3, 0.4) is 0 Å². The summed E-state index contributed by atoms with van der Waals surface area (Å²) in [7, 11) is 0. The van der Waals surface area contributed by atoms with Gasteiger partial charge in [-0.3, -0.25) is 0 Å². The molecule has 0 amide bonds. The van der Waals surface area contributed by atoms with Crippen LogP contribution < -0.4 is 5.32 Å². The number of halogens is 3. The predicted molar refractivity (Wildman–Crippen MR) is 57.1 cm³/mol. The normalized spacial score (nSPS) is 29.4. The molecule has 5 heteroatoms. The van der Waals surface area contributed by atoms with Gasteiger partial charge in [-0.25, -0.2) is 13.2 Å². The predicted octanol–water partition coefficient (Wildman–Crippen LogP) is 2.54. The summed E-state index contributed by atoms with van der Waals surface area (Å²) in [6.07, 6.45) is -0.596. The van der Waals surface area contributed by atoms with Crippen molar-refractivity contribution in [2.75, 3.05) is 6.61 Å². The highest BCUT2D eigenvalue weighted by atomic mass is 19.2. The number of hydrogen-bond acceptors (Lipinski definition) is 2. The third-order valence-corrected chi connectivity index (χ3v) is 2.87. The SMILES string of the molecule is C[C@H]1CO[C@H](c2cc(F)c(F)cc2F)[C@@H](C)N1. The van der Waals surface area contributed by atoms with Crippen molar-refractivity contribution in [3.05, 3.63) is 35.1 Å². The largest absolute Gasteiger partial charge is 0.370 e. The van der Waals surface area contributed by atoms with Crippen LogP contribution in [0.2, 0.25) is 0 Å². The van der Waals surface area contributed by atoms with Gasteiger partial charge in [0, 0.05) is 23.7 Å². The fraction of sp³-hybridized carbons (Fsp3) is 0.500. The Kier molecular flexibility index (Phi) is 3.40. The third-order valence-electron chi connectivity index (χ3n) is 2.87. The second kappa shape index (κ2) is 4.66. The molecule has 3 atom stereocenters. The van der Waals surface area contributed by atoms with Gasteiger partial charge in [0.15, 0.2) is 11.6 Å². The van der Waals surface area contributed by atoms with E-state index in [1.165, 1.54) is 0 Å². The summed E-state index contributed by atoms with van der Waals surface area (Å²) in [5, 5.41) is 3.18. The summed E-state index contributed by atoms with van der Waals surface area (Å²) in [6, 6.07) is 1.43. The lowest BCUT2D eigenvalue weighted by atomic mass is 10.00. The van der Waals surface area contributed by atoms with Crippen molar-refractivity contribution in [3.8, 4) is 0 Å². The molecule has 0 spiro atoms. The highest BCUT2D eigenvalue weighted by molar-refractivity contribution is 5.24. The quantitative estimate of drug-likeness (QED) is 0.768. The molecule has 17 heavy (non-hydrogen) atoms. The highest BCUT2D eigenvalue weighted by Gasteiger charge is 2.29. The first-order chi connectivity index (χ1) is 7.99. The molecule has 1 aliphatic rings. The van der Waals surface area contributed by atoms with E-state index in [4.69, 9.17) is 4.74 Å². The molecule has 1 fully saturated rings. The Balaban J connectivity index is 2.31. The van der Waals surface area contributed by atoms with E-state index < -0.39 is 23.6 Å². The summed E-state index contributed by atoms with van der Waals surface area (Å²) in [6.45, 7) is 4.17. The van der Waals surface area contributed by atoms with Crippen molar-refractivity contribution in [2.24, 2.45) is 0 Å². The molecule has 0 aromatic heterocycles. The van der Waals surface area contributed by atoms with E-state index in [1.54, 1.807) is 0 Å². The first-order valence-corrected chi connectivity index (χ1v) is 5.51. The Labute approximate surface area is 97.8 Å². The van der Waals surface area contributed by atoms with E-state index in [2.05, 4.69) is 5.32 Å². The molecule has 1 N–H and O–H groups in total. The molecule has 2 nitrogen and oxygen atoms in total. The van der Waals surface area contributed by atoms with Gasteiger partial charge in [0.05, 0.1) is 6.61 Å². The minimum Gasteiger partial charge on any atom is -0.370 e. The van der Waals surface area contributed by atoms with Crippen molar-refractivity contribution in [1.82, 2.24) is 5.32 Å². The monoisotopic (exact) mass is 245 g/mol. The van der Waals surface area contributed by atoms with Gasteiger partial charge in [0.25, 0.3) is 0 Å². The van der Waals surface area contributed by atoms with Gasteiger partial charge in [-0.15, -0.1) is 0 Å². The maximum Gasteiger partial charge on any atom is 0.161 e. The first kappa shape index (κ1) is 12.4. The van der Waals surface area contributed by atoms with Crippen LogP contribution >= 0.6 is 0 Å². The number of nitrogens with one attached hydrogen (secondary N) is 1. The Morgan fingerprint density at radius 3 is 2.41 bits per heavy atom. The van der Waals surface area contributed by atoms with Gasteiger partial charge in [0.2, 0.25) is 0 Å². The van der Waals surface area contributed by atoms with Crippen LogP contribution in [0.25, 0.3) is 0 Å². The molecule has 94 valence electrons. The van der Waals surface area contributed by atoms with E-state index in [0.29, 0.717) is 12.7 Å². The Morgan fingerprint density at radius 1 is 1.12 bits per heavy atom. The summed E-state index contributed by atoms with van der Waals surface area (Å²) < 4.78 is 45.0. The van der Waals surface area contributed by atoms with Crippen LogP contribution in [0.4, 0.5) is 13.2 Å². The number of ether oxygens (including phenoxy) is 1. The molecule has 1 aliphatic heterocycles. The van der Waals surface area contributed by atoms with E-state index >= 15 is 0 Å². The smallest absolute Gasteiger partial charge is 0.161 e. The van der Waals surface area contributed by atoms with Crippen LogP contribution in [0.15, 0.2) is 12.1 Å². The minimum atomic E-state index is -1.18. The molecule has 0 bridgehead atoms. The van der Waals surface area contributed by atoms with E-state index in [1.807, 2.05) is 13.8 Å². The van der Waals surface area contributed by atoms with Gasteiger partial charge in [0.1, 0.15) is 11.9 Å². The zero-order valence-electron chi connectivity index (χ0n) is 9.64. The Bertz CT molecular complexity index is 424. The van der Waals surface area contributed by atoms with E-state index in [0.717, 1.165) is 6.07 Å². The highest BCUT2D eigenvalue weighted by Crippen LogP contribution is 2.28. The molecule has 0 aliphatic carbocycles. The van der Waals surface area contributed by atoms with Gasteiger partial charge >= 0.3 is 0 Å². The zero-order chi connectivity index (χ0) is 12.6. The van der Waals surface area contributed by atoms with Crippen LogP contribution in [0.5, 0.6) is 0 Å². The molecule has 1 saturated heterocycles. The average molecular weight is 245 g/mol. The summed E-state index contributed by atoms with van der Waals surface area (Å²) in [4.78, 5) is 0. The maximum atomic E-state index is 13.6. The van der Waals surface area contributed by atoms with Crippen LogP contribution in [-0.4, -0.2) is 18.7 Å². The topological polar surface area (TPSA) is 21.3 Å². The second-order valence-corrected chi connectivity index (χ2v) is 4.40. The minimum absolute atomic E-state index is 0.0517. The molecular formula is C12H14F3NO. The standard InChI is InChI=1S/C12H14F3NO/c1-6-5-17-12(7(2)16-6)8-3-10(14)11(15)4-9(8)13/h3-4,6-7,12,16H,5H2,1-2H3/t6-,7+,12-/m0/s1. The van der Waals surface area contributed by atoms with Crippen molar-refractivity contribution < 1.29 is 17.9 Å². The van der Waals surface area contributed by atoms with Crippen molar-refractivity contribution in [3.63, 3.8) is 0 Å². The van der Waals surface area contributed by atoms with Crippen LogP contribution in [-0.2, 0) is 4.74 Å². The summed E-state index contributed by atoms with van der Waals surface area (Å²) in [5.74, 6) is -3.02. The van der Waals surface area contributed by atoms with Crippen LogP contribution in [0, 0.1) is 17.5 Å². The molecule has 2 rings (SSSR count). The number of morpholine rings is 1. The van der Waals surface area contributed by atoms with Crippen molar-refractivity contribution in [1.29, 1.82) is 0 Å². The molecule has 1 aromatic rings. The lowest BCUT2D eigenvalue weighted by Crippen LogP contribution is -2.47. The third kappa shape index (κ3) is 2.45. The molecule has 1 aromatic carbocycles. The van der Waals surface area contributed by atoms with E-state index in [-0.39, 0.29) is 17.6 Å². The molecule has 0 saturated carbocycles. The molecule has 0 radical (unpaired) electrons. The molecule has 1 heterocycles. The number of benzene rings is 1. The maximum absolute atomic E-state index is 13.6. The van der Waals surface area contributed by atoms with Crippen LogP contribution in [0.1, 0.15) is 25.5 Å². The Morgan fingerprint density at radius 2 is 1.76 bits per heavy atom. The molecular weight excluding hydrogens is 231 g/mol. The average Bonchev–Trinajstić information content (AvgIpc) is 2.24. The lowest BCUT2D eigenvalue weighted by Gasteiger charge is -2.34. The van der Waals surface area contributed by atoms with Gasteiger partial charge in [-0.05, 0) is 19.9 Å². The van der Waals surface area contributed by atoms with Gasteiger partial charge in [-0.1, -0.05) is 0 Å². The van der Waals surface area contributed by atoms with Gasteiger partial charge < -0.3 is 10.1 Å². The van der Waals surface area contributed by atoms with Crippen molar-refractivity contribution >= 4 is 0 Å². The lowest BCUT2D eigenvalue weighted by molar-refractivity contribution is -0.0227. The molecule has 0 unspecified atom stereocenters. The summed E-state index contributed by atoms with van der Waals surface area (Å²) in [5.41, 5.74) is 0.0517. The number of hydrogen-bond donors (Lipinski definition) is 1. The number of rotatable bonds is 1. The second-order valence-electron chi connectivity index (χ2n) is 4.40. The first-order valence-electron chi connectivity index (χ1n) is 5.51. The zero-order valence-corrected chi connectivity index (χ0v) is 9.64. The van der Waals surface area contributed by atoms with Gasteiger partial charge in [-0.2, -0.15) is 0 Å².